The van der Waals surface area contributed by atoms with Crippen LogP contribution in [0.3, 0.4) is 0 Å². The van der Waals surface area contributed by atoms with Crippen molar-refractivity contribution in [2.24, 2.45) is 0 Å². The van der Waals surface area contributed by atoms with Gasteiger partial charge < -0.3 is 10.2 Å². The minimum atomic E-state index is 0.484. The molecule has 3 heterocycles. The highest BCUT2D eigenvalue weighted by atomic mass is 15.2. The molecule has 2 unspecified atom stereocenters. The van der Waals surface area contributed by atoms with Crippen molar-refractivity contribution < 1.29 is 0 Å². The standard InChI is InChI=1S/C15H20N4/c1-19-13-5-3-6-14(19)9-12(8-13)18-15-7-2-4-11(10-16)17-15/h2,4,7,12-14H,3,5-6,8-9H2,1H3,(H,17,18). The third-order valence-corrected chi connectivity index (χ3v) is 4.56. The summed E-state index contributed by atoms with van der Waals surface area (Å²) in [7, 11) is 2.26. The predicted octanol–water partition coefficient (Wildman–Crippen LogP) is 2.38. The molecule has 2 aliphatic rings. The van der Waals surface area contributed by atoms with Crippen molar-refractivity contribution in [2.45, 2.75) is 50.2 Å². The van der Waals surface area contributed by atoms with Gasteiger partial charge in [-0.15, -0.1) is 0 Å². The van der Waals surface area contributed by atoms with Crippen molar-refractivity contribution in [1.82, 2.24) is 9.88 Å². The van der Waals surface area contributed by atoms with Crippen molar-refractivity contribution in [3.8, 4) is 6.07 Å². The molecule has 2 atom stereocenters. The fourth-order valence-electron chi connectivity index (χ4n) is 3.52. The molecule has 0 aromatic carbocycles. The summed E-state index contributed by atoms with van der Waals surface area (Å²) in [6.07, 6.45) is 6.37. The van der Waals surface area contributed by atoms with E-state index in [1.807, 2.05) is 12.1 Å². The van der Waals surface area contributed by atoms with Gasteiger partial charge in [0.15, 0.2) is 0 Å². The van der Waals surface area contributed by atoms with Crippen molar-refractivity contribution in [3.05, 3.63) is 23.9 Å². The topological polar surface area (TPSA) is 52.0 Å². The van der Waals surface area contributed by atoms with E-state index in [0.29, 0.717) is 23.8 Å². The molecule has 4 heteroatoms. The number of nitriles is 1. The average molecular weight is 256 g/mol. The van der Waals surface area contributed by atoms with Crippen LogP contribution < -0.4 is 5.32 Å². The van der Waals surface area contributed by atoms with E-state index in [1.165, 1.54) is 32.1 Å². The number of hydrogen-bond acceptors (Lipinski definition) is 4. The van der Waals surface area contributed by atoms with Gasteiger partial charge in [0, 0.05) is 18.1 Å². The molecular formula is C15H20N4. The molecule has 0 radical (unpaired) electrons. The van der Waals surface area contributed by atoms with E-state index in [0.717, 1.165) is 5.82 Å². The first kappa shape index (κ1) is 12.4. The van der Waals surface area contributed by atoms with Gasteiger partial charge in [-0.3, -0.25) is 0 Å². The highest BCUT2D eigenvalue weighted by Gasteiger charge is 2.35. The summed E-state index contributed by atoms with van der Waals surface area (Å²) in [6.45, 7) is 0. The van der Waals surface area contributed by atoms with Crippen molar-refractivity contribution >= 4 is 5.82 Å². The van der Waals surface area contributed by atoms with Gasteiger partial charge in [-0.25, -0.2) is 4.98 Å². The molecule has 2 saturated heterocycles. The molecule has 1 N–H and O–H groups in total. The van der Waals surface area contributed by atoms with Gasteiger partial charge >= 0.3 is 0 Å². The fraction of sp³-hybridized carbons (Fsp3) is 0.600. The molecule has 4 nitrogen and oxygen atoms in total. The Bertz CT molecular complexity index is 479. The molecule has 2 bridgehead atoms. The minimum Gasteiger partial charge on any atom is -0.367 e. The third-order valence-electron chi connectivity index (χ3n) is 4.56. The van der Waals surface area contributed by atoms with Crippen LogP contribution in [-0.4, -0.2) is 35.1 Å². The van der Waals surface area contributed by atoms with Crippen LogP contribution in [0, 0.1) is 11.3 Å². The van der Waals surface area contributed by atoms with Gasteiger partial charge in [-0.05, 0) is 44.9 Å². The molecule has 2 aliphatic heterocycles. The number of aromatic nitrogens is 1. The molecule has 100 valence electrons. The Morgan fingerprint density at radius 1 is 1.32 bits per heavy atom. The normalized spacial score (nSPS) is 30.6. The molecule has 19 heavy (non-hydrogen) atoms. The van der Waals surface area contributed by atoms with E-state index in [9.17, 15) is 0 Å². The summed E-state index contributed by atoms with van der Waals surface area (Å²) in [5, 5.41) is 12.4. The van der Waals surface area contributed by atoms with E-state index in [-0.39, 0.29) is 0 Å². The molecule has 0 saturated carbocycles. The third kappa shape index (κ3) is 2.57. The number of piperidine rings is 2. The average Bonchev–Trinajstić information content (AvgIpc) is 2.40. The Morgan fingerprint density at radius 3 is 2.74 bits per heavy atom. The van der Waals surface area contributed by atoms with E-state index in [4.69, 9.17) is 5.26 Å². The fourth-order valence-corrected chi connectivity index (χ4v) is 3.52. The molecule has 3 rings (SSSR count). The molecule has 0 aliphatic carbocycles. The summed E-state index contributed by atoms with van der Waals surface area (Å²) >= 11 is 0. The molecular weight excluding hydrogens is 236 g/mol. The van der Waals surface area contributed by atoms with E-state index < -0.39 is 0 Å². The number of nitrogens with zero attached hydrogens (tertiary/aromatic N) is 3. The molecule has 1 aromatic rings. The Hall–Kier alpha value is -1.60. The predicted molar refractivity (Wildman–Crippen MR) is 74.8 cm³/mol. The van der Waals surface area contributed by atoms with Crippen LogP contribution in [0.2, 0.25) is 0 Å². The Kier molecular flexibility index (Phi) is 3.39. The summed E-state index contributed by atoms with van der Waals surface area (Å²) in [4.78, 5) is 6.87. The van der Waals surface area contributed by atoms with E-state index in [2.05, 4.69) is 28.3 Å². The lowest BCUT2D eigenvalue weighted by molar-refractivity contribution is 0.0608. The first-order chi connectivity index (χ1) is 9.26. The highest BCUT2D eigenvalue weighted by Crippen LogP contribution is 2.33. The maximum Gasteiger partial charge on any atom is 0.142 e. The number of pyridine rings is 1. The first-order valence-corrected chi connectivity index (χ1v) is 7.12. The van der Waals surface area contributed by atoms with Gasteiger partial charge in [0.2, 0.25) is 0 Å². The smallest absolute Gasteiger partial charge is 0.142 e. The second-order valence-corrected chi connectivity index (χ2v) is 5.74. The van der Waals surface area contributed by atoms with Crippen LogP contribution in [0.25, 0.3) is 0 Å². The van der Waals surface area contributed by atoms with Gasteiger partial charge in [0.05, 0.1) is 0 Å². The summed E-state index contributed by atoms with van der Waals surface area (Å²) in [5.74, 6) is 0.840. The van der Waals surface area contributed by atoms with Crippen LogP contribution in [0.1, 0.15) is 37.8 Å². The second-order valence-electron chi connectivity index (χ2n) is 5.74. The van der Waals surface area contributed by atoms with Crippen LogP contribution in [0.15, 0.2) is 18.2 Å². The lowest BCUT2D eigenvalue weighted by Gasteiger charge is -2.47. The SMILES string of the molecule is CN1C2CCCC1CC(Nc1cccc(C#N)n1)C2. The number of anilines is 1. The van der Waals surface area contributed by atoms with Gasteiger partial charge in [-0.2, -0.15) is 5.26 Å². The van der Waals surface area contributed by atoms with Crippen LogP contribution in [0.4, 0.5) is 5.82 Å². The summed E-state index contributed by atoms with van der Waals surface area (Å²) < 4.78 is 0. The lowest BCUT2D eigenvalue weighted by atomic mass is 9.82. The van der Waals surface area contributed by atoms with Crippen LogP contribution in [0.5, 0.6) is 0 Å². The lowest BCUT2D eigenvalue weighted by Crippen LogP contribution is -2.52. The zero-order valence-electron chi connectivity index (χ0n) is 11.3. The van der Waals surface area contributed by atoms with Gasteiger partial charge in [0.25, 0.3) is 0 Å². The Morgan fingerprint density at radius 2 is 2.05 bits per heavy atom. The molecule has 1 aromatic heterocycles. The van der Waals surface area contributed by atoms with Gasteiger partial charge in [-0.1, -0.05) is 12.5 Å². The monoisotopic (exact) mass is 256 g/mol. The molecule has 2 fully saturated rings. The van der Waals surface area contributed by atoms with Gasteiger partial charge in [0.1, 0.15) is 17.6 Å². The zero-order chi connectivity index (χ0) is 13.2. The van der Waals surface area contributed by atoms with Crippen molar-refractivity contribution in [3.63, 3.8) is 0 Å². The Balaban J connectivity index is 1.69. The number of hydrogen-bond donors (Lipinski definition) is 1. The molecule has 0 amide bonds. The number of rotatable bonds is 2. The minimum absolute atomic E-state index is 0.484. The largest absolute Gasteiger partial charge is 0.367 e. The quantitative estimate of drug-likeness (QED) is 0.882. The van der Waals surface area contributed by atoms with Crippen molar-refractivity contribution in [2.75, 3.05) is 12.4 Å². The molecule has 0 spiro atoms. The summed E-state index contributed by atoms with van der Waals surface area (Å²) in [6, 6.07) is 9.60. The van der Waals surface area contributed by atoms with E-state index >= 15 is 0 Å². The van der Waals surface area contributed by atoms with Crippen LogP contribution in [-0.2, 0) is 0 Å². The first-order valence-electron chi connectivity index (χ1n) is 7.12. The maximum absolute atomic E-state index is 8.89. The maximum atomic E-state index is 8.89. The Labute approximate surface area is 114 Å². The van der Waals surface area contributed by atoms with Crippen LogP contribution >= 0.6 is 0 Å². The van der Waals surface area contributed by atoms with E-state index in [1.54, 1.807) is 6.07 Å². The number of fused-ring (bicyclic) bond motifs is 2. The van der Waals surface area contributed by atoms with Crippen molar-refractivity contribution in [1.29, 1.82) is 5.26 Å². The number of nitrogens with one attached hydrogen (secondary N) is 1. The second kappa shape index (κ2) is 5.18. The zero-order valence-corrected chi connectivity index (χ0v) is 11.3. The highest BCUT2D eigenvalue weighted by molar-refractivity contribution is 5.39. The summed E-state index contributed by atoms with van der Waals surface area (Å²) in [5.41, 5.74) is 0.484.